The van der Waals surface area contributed by atoms with Crippen LogP contribution in [0, 0.1) is 0 Å². The van der Waals surface area contributed by atoms with Gasteiger partial charge in [-0.05, 0) is 42.5 Å². The summed E-state index contributed by atoms with van der Waals surface area (Å²) in [6, 6.07) is 13.9. The molecule has 142 valence electrons. The van der Waals surface area contributed by atoms with Crippen molar-refractivity contribution in [3.05, 3.63) is 98.2 Å². The first-order chi connectivity index (χ1) is 14.1. The highest BCUT2D eigenvalue weighted by Crippen LogP contribution is 2.26. The van der Waals surface area contributed by atoms with Gasteiger partial charge in [-0.15, -0.1) is 5.73 Å². The summed E-state index contributed by atoms with van der Waals surface area (Å²) in [6.45, 7) is 0. The molecule has 0 atom stereocenters. The van der Waals surface area contributed by atoms with E-state index in [1.807, 2.05) is 0 Å². The molecule has 2 aromatic carbocycles. The van der Waals surface area contributed by atoms with Crippen LogP contribution in [0.1, 0.15) is 11.1 Å². The molecule has 0 saturated heterocycles. The van der Waals surface area contributed by atoms with Crippen LogP contribution in [-0.4, -0.2) is 20.2 Å². The number of fused-ring (bicyclic) bond motifs is 2. The van der Waals surface area contributed by atoms with Crippen molar-refractivity contribution in [1.82, 2.24) is 9.97 Å². The van der Waals surface area contributed by atoms with E-state index >= 15 is 0 Å². The highest BCUT2D eigenvalue weighted by atomic mass is 16.3. The average molecular weight is 384 g/mol. The van der Waals surface area contributed by atoms with Gasteiger partial charge in [0.15, 0.2) is 0 Å². The third kappa shape index (κ3) is 3.36. The standard InChI is InChI=1S/C23H16N2O4/c26-20-14-8-4-6-12-18(14)24-22(28)16(20)10-2-1-3-11-17-21(27)15-9-5-7-13-19(15)25-23(17)29/h1-2,4-13H,(H2,24,26,28)(H2,25,27,29). The van der Waals surface area contributed by atoms with Crippen molar-refractivity contribution in [2.24, 2.45) is 0 Å². The fourth-order valence-corrected chi connectivity index (χ4v) is 3.10. The molecule has 0 spiro atoms. The molecule has 0 fully saturated rings. The van der Waals surface area contributed by atoms with E-state index < -0.39 is 11.1 Å². The van der Waals surface area contributed by atoms with Crippen molar-refractivity contribution >= 4 is 34.0 Å². The molecule has 0 aliphatic rings. The zero-order chi connectivity index (χ0) is 20.4. The first kappa shape index (κ1) is 18.1. The molecule has 4 aromatic rings. The third-order valence-corrected chi connectivity index (χ3v) is 4.54. The van der Waals surface area contributed by atoms with Crippen molar-refractivity contribution in [1.29, 1.82) is 0 Å². The van der Waals surface area contributed by atoms with Gasteiger partial charge in [0, 0.05) is 10.8 Å². The lowest BCUT2D eigenvalue weighted by Crippen LogP contribution is -2.09. The zero-order valence-electron chi connectivity index (χ0n) is 15.1. The quantitative estimate of drug-likeness (QED) is 0.319. The first-order valence-electron chi connectivity index (χ1n) is 8.83. The Bertz CT molecular complexity index is 1450. The molecule has 6 nitrogen and oxygen atoms in total. The van der Waals surface area contributed by atoms with Gasteiger partial charge in [0.2, 0.25) is 0 Å². The maximum Gasteiger partial charge on any atom is 0.260 e. The predicted octanol–water partition coefficient (Wildman–Crippen LogP) is 3.66. The van der Waals surface area contributed by atoms with Gasteiger partial charge in [0.25, 0.3) is 11.1 Å². The summed E-state index contributed by atoms with van der Waals surface area (Å²) < 4.78 is 0. The molecule has 29 heavy (non-hydrogen) atoms. The molecule has 6 heteroatoms. The van der Waals surface area contributed by atoms with Crippen LogP contribution in [0.2, 0.25) is 0 Å². The van der Waals surface area contributed by atoms with E-state index in [1.165, 1.54) is 24.3 Å². The zero-order valence-corrected chi connectivity index (χ0v) is 15.1. The Morgan fingerprint density at radius 3 is 1.90 bits per heavy atom. The second-order valence-electron chi connectivity index (χ2n) is 6.36. The van der Waals surface area contributed by atoms with E-state index in [2.05, 4.69) is 15.7 Å². The second kappa shape index (κ2) is 7.38. The van der Waals surface area contributed by atoms with E-state index in [1.54, 1.807) is 48.5 Å². The Morgan fingerprint density at radius 1 is 0.759 bits per heavy atom. The summed E-state index contributed by atoms with van der Waals surface area (Å²) in [5, 5.41) is 21.8. The number of H-pyrrole nitrogens is 2. The molecular formula is C23H16N2O4. The maximum atomic E-state index is 12.2. The third-order valence-electron chi connectivity index (χ3n) is 4.54. The number of pyridine rings is 2. The highest BCUT2D eigenvalue weighted by molar-refractivity contribution is 5.89. The first-order valence-corrected chi connectivity index (χ1v) is 8.83. The number of aromatic amines is 2. The summed E-state index contributed by atoms with van der Waals surface area (Å²) in [5.41, 5.74) is 3.23. The number of allylic oxidation sites excluding steroid dienone is 2. The molecule has 4 N–H and O–H groups in total. The molecule has 0 aliphatic carbocycles. The number of nitrogens with one attached hydrogen (secondary N) is 2. The molecule has 0 aliphatic heterocycles. The Hall–Kier alpha value is -4.28. The number of hydrogen-bond donors (Lipinski definition) is 4. The van der Waals surface area contributed by atoms with Gasteiger partial charge >= 0.3 is 0 Å². The van der Waals surface area contributed by atoms with Crippen LogP contribution in [0.4, 0.5) is 0 Å². The van der Waals surface area contributed by atoms with E-state index in [9.17, 15) is 19.8 Å². The van der Waals surface area contributed by atoms with E-state index in [4.69, 9.17) is 0 Å². The fourth-order valence-electron chi connectivity index (χ4n) is 3.10. The monoisotopic (exact) mass is 384 g/mol. The van der Waals surface area contributed by atoms with Crippen molar-refractivity contribution in [2.45, 2.75) is 0 Å². The minimum Gasteiger partial charge on any atom is -0.506 e. The van der Waals surface area contributed by atoms with Gasteiger partial charge in [-0.2, -0.15) is 0 Å². The van der Waals surface area contributed by atoms with E-state index in [0.717, 1.165) is 0 Å². The van der Waals surface area contributed by atoms with Crippen molar-refractivity contribution < 1.29 is 10.2 Å². The molecule has 0 radical (unpaired) electrons. The number of aromatic hydroxyl groups is 2. The SMILES string of the molecule is O=c1[nH]c2ccccc2c(O)c1C=C=CC=Cc1c(O)c2ccccc2[nH]c1=O. The summed E-state index contributed by atoms with van der Waals surface area (Å²) in [7, 11) is 0. The molecule has 0 saturated carbocycles. The van der Waals surface area contributed by atoms with Crippen LogP contribution < -0.4 is 11.1 Å². The molecule has 0 unspecified atom stereocenters. The number of rotatable bonds is 3. The van der Waals surface area contributed by atoms with Crippen molar-refractivity contribution in [3.8, 4) is 11.5 Å². The number of hydrogen-bond acceptors (Lipinski definition) is 4. The number of aromatic nitrogens is 2. The van der Waals surface area contributed by atoms with Crippen LogP contribution in [0.3, 0.4) is 0 Å². The molecular weight excluding hydrogens is 368 g/mol. The van der Waals surface area contributed by atoms with E-state index in [0.29, 0.717) is 21.8 Å². The van der Waals surface area contributed by atoms with Crippen LogP contribution in [0.15, 0.2) is 76.0 Å². The average Bonchev–Trinajstić information content (AvgIpc) is 2.72. The summed E-state index contributed by atoms with van der Waals surface area (Å²) in [5.74, 6) is -0.237. The van der Waals surface area contributed by atoms with Gasteiger partial charge in [-0.3, -0.25) is 9.59 Å². The molecule has 2 aromatic heterocycles. The highest BCUT2D eigenvalue weighted by Gasteiger charge is 2.09. The predicted molar refractivity (Wildman–Crippen MR) is 114 cm³/mol. The van der Waals surface area contributed by atoms with Crippen LogP contribution in [0.5, 0.6) is 11.5 Å². The molecule has 4 rings (SSSR count). The summed E-state index contributed by atoms with van der Waals surface area (Å²) in [4.78, 5) is 29.7. The number of benzene rings is 2. The molecule has 2 heterocycles. The molecule has 0 bridgehead atoms. The smallest absolute Gasteiger partial charge is 0.260 e. The second-order valence-corrected chi connectivity index (χ2v) is 6.36. The van der Waals surface area contributed by atoms with Crippen LogP contribution in [-0.2, 0) is 0 Å². The minimum atomic E-state index is -0.435. The lowest BCUT2D eigenvalue weighted by molar-refractivity contribution is 0.478. The topological polar surface area (TPSA) is 106 Å². The Balaban J connectivity index is 1.68. The molecule has 0 amide bonds. The van der Waals surface area contributed by atoms with Crippen LogP contribution >= 0.6 is 0 Å². The number of para-hydroxylation sites is 2. The van der Waals surface area contributed by atoms with Gasteiger partial charge in [-0.1, -0.05) is 30.3 Å². The van der Waals surface area contributed by atoms with Gasteiger partial charge < -0.3 is 20.2 Å². The van der Waals surface area contributed by atoms with Gasteiger partial charge in [-0.25, -0.2) is 0 Å². The Morgan fingerprint density at radius 2 is 1.28 bits per heavy atom. The summed E-state index contributed by atoms with van der Waals surface area (Å²) in [6.07, 6.45) is 5.80. The lowest BCUT2D eigenvalue weighted by atomic mass is 10.1. The van der Waals surface area contributed by atoms with Gasteiger partial charge in [0.1, 0.15) is 11.5 Å². The lowest BCUT2D eigenvalue weighted by Gasteiger charge is -2.03. The minimum absolute atomic E-state index is 0.0831. The van der Waals surface area contributed by atoms with Gasteiger partial charge in [0.05, 0.1) is 22.2 Å². The fraction of sp³-hybridized carbons (Fsp3) is 0. The van der Waals surface area contributed by atoms with Crippen molar-refractivity contribution in [3.63, 3.8) is 0 Å². The van der Waals surface area contributed by atoms with Crippen molar-refractivity contribution in [2.75, 3.05) is 0 Å². The normalized spacial score (nSPS) is 11.0. The Kier molecular flexibility index (Phi) is 4.61. The summed E-state index contributed by atoms with van der Waals surface area (Å²) >= 11 is 0. The van der Waals surface area contributed by atoms with Crippen LogP contribution in [0.25, 0.3) is 34.0 Å². The Labute approximate surface area is 164 Å². The largest absolute Gasteiger partial charge is 0.506 e. The maximum absolute atomic E-state index is 12.2. The van der Waals surface area contributed by atoms with E-state index in [-0.39, 0.29) is 22.6 Å².